The van der Waals surface area contributed by atoms with Gasteiger partial charge < -0.3 is 9.47 Å². The smallest absolute Gasteiger partial charge is 0.338 e. The van der Waals surface area contributed by atoms with Gasteiger partial charge in [0.2, 0.25) is 0 Å². The molecule has 26 heavy (non-hydrogen) atoms. The quantitative estimate of drug-likeness (QED) is 0.231. The van der Waals surface area contributed by atoms with E-state index in [-0.39, 0.29) is 5.97 Å². The third kappa shape index (κ3) is 6.55. The van der Waals surface area contributed by atoms with Crippen LogP contribution in [0.2, 0.25) is 0 Å². The monoisotopic (exact) mass is 354 g/mol. The fourth-order valence-corrected chi connectivity index (χ4v) is 1.66. The van der Waals surface area contributed by atoms with Gasteiger partial charge in [-0.05, 0) is 70.0 Å². The van der Waals surface area contributed by atoms with E-state index in [4.69, 9.17) is 9.47 Å². The van der Waals surface area contributed by atoms with Gasteiger partial charge in [0.1, 0.15) is 11.5 Å². The van der Waals surface area contributed by atoms with Crippen molar-refractivity contribution in [1.29, 1.82) is 0 Å². The van der Waals surface area contributed by atoms with Gasteiger partial charge in [-0.25, -0.2) is 4.79 Å². The van der Waals surface area contributed by atoms with Gasteiger partial charge in [-0.2, -0.15) is 0 Å². The molecule has 0 aliphatic carbocycles. The molecule has 4 heteroatoms. The van der Waals surface area contributed by atoms with Crippen molar-refractivity contribution in [2.24, 2.45) is 5.41 Å². The molecule has 0 saturated heterocycles. The Morgan fingerprint density at radius 3 is 2.08 bits per heavy atom. The highest BCUT2D eigenvalue weighted by Crippen LogP contribution is 2.22. The van der Waals surface area contributed by atoms with Crippen molar-refractivity contribution in [3.8, 4) is 5.75 Å². The lowest BCUT2D eigenvalue weighted by Gasteiger charge is -2.16. The van der Waals surface area contributed by atoms with Gasteiger partial charge >= 0.3 is 11.9 Å². The van der Waals surface area contributed by atoms with E-state index in [1.165, 1.54) is 0 Å². The summed E-state index contributed by atoms with van der Waals surface area (Å²) >= 11 is 0. The fourth-order valence-electron chi connectivity index (χ4n) is 1.66. The van der Waals surface area contributed by atoms with Crippen LogP contribution in [0.3, 0.4) is 0 Å². The van der Waals surface area contributed by atoms with Crippen molar-refractivity contribution in [1.82, 2.24) is 0 Å². The molecule has 0 heterocycles. The van der Waals surface area contributed by atoms with Crippen LogP contribution in [-0.2, 0) is 14.3 Å². The maximum atomic E-state index is 11.9. The van der Waals surface area contributed by atoms with Crippen molar-refractivity contribution < 1.29 is 19.1 Å². The molecule has 1 aromatic carbocycles. The molecular weight excluding hydrogens is 328 g/mol. The standard InChI is InChI=1S/C22H26O4/c1-8-18(25-20(23)15(2)3)12-9-16(4)17-10-13-19(14-11-17)26-21(24)22(5,6)7/h8-14H,2,4H2,1,3,5-7H3/b12-9-,18-8+. The molecule has 0 N–H and O–H groups in total. The van der Waals surface area contributed by atoms with E-state index >= 15 is 0 Å². The van der Waals surface area contributed by atoms with E-state index in [0.29, 0.717) is 17.1 Å². The van der Waals surface area contributed by atoms with Crippen molar-refractivity contribution in [3.05, 3.63) is 72.5 Å². The van der Waals surface area contributed by atoms with E-state index in [1.807, 2.05) is 12.1 Å². The van der Waals surface area contributed by atoms with E-state index < -0.39 is 11.4 Å². The Morgan fingerprint density at radius 2 is 1.62 bits per heavy atom. The number of allylic oxidation sites excluding steroid dienone is 4. The highest BCUT2D eigenvalue weighted by molar-refractivity contribution is 5.88. The van der Waals surface area contributed by atoms with Crippen LogP contribution in [-0.4, -0.2) is 11.9 Å². The van der Waals surface area contributed by atoms with Crippen molar-refractivity contribution in [2.75, 3.05) is 0 Å². The number of benzene rings is 1. The molecule has 4 nitrogen and oxygen atoms in total. The van der Waals surface area contributed by atoms with Crippen LogP contribution in [0.25, 0.3) is 5.57 Å². The third-order valence-electron chi connectivity index (χ3n) is 3.34. The van der Waals surface area contributed by atoms with Crippen LogP contribution in [0.1, 0.15) is 40.2 Å². The number of rotatable bonds is 6. The lowest BCUT2D eigenvalue weighted by atomic mass is 9.97. The zero-order valence-corrected chi connectivity index (χ0v) is 16.1. The summed E-state index contributed by atoms with van der Waals surface area (Å²) in [6, 6.07) is 7.06. The zero-order valence-electron chi connectivity index (χ0n) is 16.1. The fraction of sp³-hybridized carbons (Fsp3) is 0.273. The Morgan fingerprint density at radius 1 is 1.04 bits per heavy atom. The van der Waals surface area contributed by atoms with Crippen LogP contribution in [0.15, 0.2) is 67.0 Å². The van der Waals surface area contributed by atoms with Gasteiger partial charge in [0.05, 0.1) is 5.41 Å². The van der Waals surface area contributed by atoms with Crippen LogP contribution >= 0.6 is 0 Å². The van der Waals surface area contributed by atoms with Crippen LogP contribution in [0.5, 0.6) is 5.75 Å². The summed E-state index contributed by atoms with van der Waals surface area (Å²) in [7, 11) is 0. The van der Waals surface area contributed by atoms with E-state index in [2.05, 4.69) is 13.2 Å². The molecule has 0 fully saturated rings. The molecule has 0 saturated carbocycles. The predicted octanol–water partition coefficient (Wildman–Crippen LogP) is 5.23. The second kappa shape index (κ2) is 8.99. The summed E-state index contributed by atoms with van der Waals surface area (Å²) in [4.78, 5) is 23.5. The van der Waals surface area contributed by atoms with Gasteiger partial charge in [-0.15, -0.1) is 0 Å². The molecule has 1 aromatic rings. The second-order valence-corrected chi connectivity index (χ2v) is 6.88. The van der Waals surface area contributed by atoms with Gasteiger partial charge in [-0.3, -0.25) is 4.79 Å². The molecule has 0 radical (unpaired) electrons. The van der Waals surface area contributed by atoms with E-state index in [9.17, 15) is 9.59 Å². The maximum Gasteiger partial charge on any atom is 0.338 e. The minimum Gasteiger partial charge on any atom is -0.426 e. The Labute approximate surface area is 155 Å². The number of carbonyl (C=O) groups excluding carboxylic acids is 2. The zero-order chi connectivity index (χ0) is 19.9. The molecule has 1 rings (SSSR count). The van der Waals surface area contributed by atoms with Crippen LogP contribution in [0, 0.1) is 5.41 Å². The summed E-state index contributed by atoms with van der Waals surface area (Å²) in [5.74, 6) is 0.129. The minimum absolute atomic E-state index is 0.291. The molecule has 0 atom stereocenters. The van der Waals surface area contributed by atoms with Gasteiger partial charge in [0, 0.05) is 5.57 Å². The van der Waals surface area contributed by atoms with Crippen molar-refractivity contribution >= 4 is 17.5 Å². The largest absolute Gasteiger partial charge is 0.426 e. The first-order chi connectivity index (χ1) is 12.0. The van der Waals surface area contributed by atoms with Crippen LogP contribution < -0.4 is 4.74 Å². The molecule has 138 valence electrons. The Balaban J connectivity index is 2.77. The summed E-state index contributed by atoms with van der Waals surface area (Å²) in [5, 5.41) is 0. The molecule has 0 amide bonds. The highest BCUT2D eigenvalue weighted by Gasteiger charge is 2.23. The summed E-state index contributed by atoms with van der Waals surface area (Å²) < 4.78 is 10.5. The van der Waals surface area contributed by atoms with E-state index in [1.54, 1.807) is 65.0 Å². The normalized spacial score (nSPS) is 12.0. The Kier molecular flexibility index (Phi) is 7.32. The van der Waals surface area contributed by atoms with Crippen LogP contribution in [0.4, 0.5) is 0 Å². The Bertz CT molecular complexity index is 756. The first-order valence-electron chi connectivity index (χ1n) is 8.28. The highest BCUT2D eigenvalue weighted by atomic mass is 16.5. The average Bonchev–Trinajstić information content (AvgIpc) is 2.57. The topological polar surface area (TPSA) is 52.6 Å². The first kappa shape index (κ1) is 21.2. The molecule has 0 unspecified atom stereocenters. The van der Waals surface area contributed by atoms with Gasteiger partial charge in [-0.1, -0.05) is 31.4 Å². The number of esters is 2. The SMILES string of the molecule is C=C(C)C(=O)OC(/C=C\C(=C)c1ccc(OC(=O)C(C)(C)C)cc1)=C/C. The number of hydrogen-bond donors (Lipinski definition) is 0. The number of carbonyl (C=O) groups is 2. The molecule has 0 bridgehead atoms. The summed E-state index contributed by atoms with van der Waals surface area (Å²) in [6.45, 7) is 16.3. The second-order valence-electron chi connectivity index (χ2n) is 6.88. The lowest BCUT2D eigenvalue weighted by molar-refractivity contribution is -0.143. The molecular formula is C22H26O4. The van der Waals surface area contributed by atoms with E-state index in [0.717, 1.165) is 11.1 Å². The molecule has 0 aromatic heterocycles. The number of hydrogen-bond acceptors (Lipinski definition) is 4. The average molecular weight is 354 g/mol. The summed E-state index contributed by atoms with van der Waals surface area (Å²) in [5.41, 5.74) is 1.36. The van der Waals surface area contributed by atoms with Gasteiger partial charge in [0.25, 0.3) is 0 Å². The molecule has 0 spiro atoms. The third-order valence-corrected chi connectivity index (χ3v) is 3.34. The lowest BCUT2D eigenvalue weighted by Crippen LogP contribution is -2.25. The van der Waals surface area contributed by atoms with Crippen molar-refractivity contribution in [3.63, 3.8) is 0 Å². The first-order valence-corrected chi connectivity index (χ1v) is 8.28. The minimum atomic E-state index is -0.560. The number of ether oxygens (including phenoxy) is 2. The molecule has 0 aliphatic rings. The van der Waals surface area contributed by atoms with Gasteiger partial charge in [0.15, 0.2) is 0 Å². The molecule has 0 aliphatic heterocycles. The predicted molar refractivity (Wildman–Crippen MR) is 104 cm³/mol. The Hall–Kier alpha value is -2.88. The van der Waals surface area contributed by atoms with Crippen molar-refractivity contribution in [2.45, 2.75) is 34.6 Å². The summed E-state index contributed by atoms with van der Waals surface area (Å²) in [6.07, 6.45) is 5.09. The maximum absolute atomic E-state index is 11.9.